The quantitative estimate of drug-likeness (QED) is 0.668. The van der Waals surface area contributed by atoms with Gasteiger partial charge in [0.05, 0.1) is 5.92 Å². The molecule has 1 amide bonds. The van der Waals surface area contributed by atoms with Crippen LogP contribution in [-0.2, 0) is 4.79 Å². The van der Waals surface area contributed by atoms with Crippen molar-refractivity contribution in [1.29, 1.82) is 0 Å². The molecule has 4 heteroatoms. The number of fused-ring (bicyclic) bond motifs is 1. The summed E-state index contributed by atoms with van der Waals surface area (Å²) in [6, 6.07) is 7.91. The van der Waals surface area contributed by atoms with Crippen molar-refractivity contribution in [2.24, 2.45) is 0 Å². The number of carbonyl (C=O) groups is 1. The van der Waals surface area contributed by atoms with Crippen molar-refractivity contribution in [1.82, 2.24) is 5.32 Å². The molecule has 1 aliphatic heterocycles. The van der Waals surface area contributed by atoms with E-state index in [1.54, 1.807) is 0 Å². The molecule has 4 nitrogen and oxygen atoms in total. The molecule has 17 heavy (non-hydrogen) atoms. The lowest BCUT2D eigenvalue weighted by atomic mass is 10.0. The number of nitrogens with one attached hydrogen (secondary N) is 2. The van der Waals surface area contributed by atoms with Gasteiger partial charge in [0, 0.05) is 25.4 Å². The summed E-state index contributed by atoms with van der Waals surface area (Å²) in [7, 11) is 0. The molecule has 92 valence electrons. The van der Waals surface area contributed by atoms with Gasteiger partial charge in [-0.1, -0.05) is 18.2 Å². The third-order valence-corrected chi connectivity index (χ3v) is 3.03. The maximum Gasteiger partial charge on any atom is 0.229 e. The summed E-state index contributed by atoms with van der Waals surface area (Å²) in [4.78, 5) is 12.0. The number of anilines is 1. The van der Waals surface area contributed by atoms with Crippen LogP contribution in [0.3, 0.4) is 0 Å². The molecule has 0 saturated heterocycles. The maximum atomic E-state index is 12.0. The Hall–Kier alpha value is -1.55. The number of rotatable bonds is 5. The monoisotopic (exact) mass is 234 g/mol. The molecule has 2 rings (SSSR count). The summed E-state index contributed by atoms with van der Waals surface area (Å²) in [6.07, 6.45) is 1.56. The van der Waals surface area contributed by atoms with Crippen LogP contribution in [-0.4, -0.2) is 30.7 Å². The fourth-order valence-corrected chi connectivity index (χ4v) is 2.09. The number of aliphatic hydroxyl groups excluding tert-OH is 1. The topological polar surface area (TPSA) is 61.4 Å². The minimum Gasteiger partial charge on any atom is -0.396 e. The fourth-order valence-electron chi connectivity index (χ4n) is 2.09. The average molecular weight is 234 g/mol. The number of hydrogen-bond acceptors (Lipinski definition) is 3. The van der Waals surface area contributed by atoms with Crippen LogP contribution in [0.4, 0.5) is 5.69 Å². The number of amides is 1. The van der Waals surface area contributed by atoms with Crippen LogP contribution in [0.25, 0.3) is 0 Å². The summed E-state index contributed by atoms with van der Waals surface area (Å²) in [6.45, 7) is 1.49. The zero-order valence-corrected chi connectivity index (χ0v) is 9.78. The summed E-state index contributed by atoms with van der Waals surface area (Å²) in [5, 5.41) is 14.8. The van der Waals surface area contributed by atoms with Crippen molar-refractivity contribution < 1.29 is 9.90 Å². The molecule has 1 heterocycles. The fraction of sp³-hybridized carbons (Fsp3) is 0.462. The van der Waals surface area contributed by atoms with Crippen LogP contribution < -0.4 is 10.6 Å². The first-order valence-electron chi connectivity index (χ1n) is 6.04. The number of hydrogen-bond donors (Lipinski definition) is 3. The van der Waals surface area contributed by atoms with Crippen molar-refractivity contribution in [3.63, 3.8) is 0 Å². The first-order chi connectivity index (χ1) is 8.33. The van der Waals surface area contributed by atoms with Gasteiger partial charge in [0.25, 0.3) is 0 Å². The van der Waals surface area contributed by atoms with Gasteiger partial charge in [-0.3, -0.25) is 4.79 Å². The highest BCUT2D eigenvalue weighted by molar-refractivity contribution is 5.88. The first kappa shape index (κ1) is 11.9. The van der Waals surface area contributed by atoms with Gasteiger partial charge in [-0.05, 0) is 24.5 Å². The molecule has 1 atom stereocenters. The van der Waals surface area contributed by atoms with Crippen molar-refractivity contribution in [2.45, 2.75) is 18.8 Å². The second kappa shape index (κ2) is 5.68. The number of para-hydroxylation sites is 1. The standard InChI is InChI=1S/C13H18N2O2/c16-8-4-3-7-14-13(17)11-9-15-12-6-2-1-5-10(11)12/h1-2,5-6,11,15-16H,3-4,7-9H2,(H,14,17). The number of carbonyl (C=O) groups excluding carboxylic acids is 1. The predicted molar refractivity (Wildman–Crippen MR) is 67.0 cm³/mol. The highest BCUT2D eigenvalue weighted by atomic mass is 16.2. The van der Waals surface area contributed by atoms with Crippen LogP contribution >= 0.6 is 0 Å². The Morgan fingerprint density at radius 3 is 3.06 bits per heavy atom. The molecule has 0 aromatic heterocycles. The van der Waals surface area contributed by atoms with Crippen molar-refractivity contribution >= 4 is 11.6 Å². The second-order valence-electron chi connectivity index (χ2n) is 4.24. The summed E-state index contributed by atoms with van der Waals surface area (Å²) in [5.41, 5.74) is 2.13. The zero-order valence-electron chi connectivity index (χ0n) is 9.78. The van der Waals surface area contributed by atoms with E-state index in [0.717, 1.165) is 24.1 Å². The molecule has 1 aromatic carbocycles. The Balaban J connectivity index is 1.89. The van der Waals surface area contributed by atoms with E-state index in [2.05, 4.69) is 10.6 Å². The van der Waals surface area contributed by atoms with E-state index in [-0.39, 0.29) is 18.4 Å². The minimum absolute atomic E-state index is 0.0698. The Morgan fingerprint density at radius 1 is 1.41 bits per heavy atom. The van der Waals surface area contributed by atoms with Gasteiger partial charge in [0.15, 0.2) is 0 Å². The van der Waals surface area contributed by atoms with Crippen LogP contribution in [0, 0.1) is 0 Å². The van der Waals surface area contributed by atoms with Crippen LogP contribution in [0.1, 0.15) is 24.3 Å². The lowest BCUT2D eigenvalue weighted by molar-refractivity contribution is -0.122. The van der Waals surface area contributed by atoms with E-state index in [4.69, 9.17) is 5.11 Å². The summed E-state index contributed by atoms with van der Waals surface area (Å²) >= 11 is 0. The summed E-state index contributed by atoms with van der Waals surface area (Å²) in [5.74, 6) is -0.0132. The molecule has 0 bridgehead atoms. The average Bonchev–Trinajstić information content (AvgIpc) is 2.78. The van der Waals surface area contributed by atoms with Crippen molar-refractivity contribution in [3.05, 3.63) is 29.8 Å². The second-order valence-corrected chi connectivity index (χ2v) is 4.24. The number of unbranched alkanes of at least 4 members (excludes halogenated alkanes) is 1. The molecule has 3 N–H and O–H groups in total. The van der Waals surface area contributed by atoms with Gasteiger partial charge in [-0.25, -0.2) is 0 Å². The van der Waals surface area contributed by atoms with Gasteiger partial charge >= 0.3 is 0 Å². The first-order valence-corrected chi connectivity index (χ1v) is 6.04. The highest BCUT2D eigenvalue weighted by Crippen LogP contribution is 2.30. The van der Waals surface area contributed by atoms with Gasteiger partial charge in [-0.2, -0.15) is 0 Å². The predicted octanol–water partition coefficient (Wildman–Crippen LogP) is 1.08. The third-order valence-electron chi connectivity index (χ3n) is 3.03. The Morgan fingerprint density at radius 2 is 2.24 bits per heavy atom. The largest absolute Gasteiger partial charge is 0.396 e. The van der Waals surface area contributed by atoms with Crippen LogP contribution in [0.2, 0.25) is 0 Å². The normalized spacial score (nSPS) is 17.4. The van der Waals surface area contributed by atoms with Gasteiger partial charge < -0.3 is 15.7 Å². The van der Waals surface area contributed by atoms with E-state index < -0.39 is 0 Å². The number of benzene rings is 1. The SMILES string of the molecule is O=C(NCCCCO)C1CNc2ccccc21. The molecule has 0 spiro atoms. The van der Waals surface area contributed by atoms with E-state index >= 15 is 0 Å². The molecule has 0 fully saturated rings. The minimum atomic E-state index is -0.0830. The lowest BCUT2D eigenvalue weighted by Gasteiger charge is -2.10. The van der Waals surface area contributed by atoms with E-state index in [1.165, 1.54) is 0 Å². The number of aliphatic hydroxyl groups is 1. The van der Waals surface area contributed by atoms with E-state index in [1.807, 2.05) is 24.3 Å². The molecule has 0 radical (unpaired) electrons. The molecular formula is C13H18N2O2. The molecule has 0 aliphatic carbocycles. The van der Waals surface area contributed by atoms with Gasteiger partial charge in [-0.15, -0.1) is 0 Å². The maximum absolute atomic E-state index is 12.0. The van der Waals surface area contributed by atoms with Gasteiger partial charge in [0.1, 0.15) is 0 Å². The van der Waals surface area contributed by atoms with Gasteiger partial charge in [0.2, 0.25) is 5.91 Å². The smallest absolute Gasteiger partial charge is 0.229 e. The Bertz CT molecular complexity index is 393. The Kier molecular flexibility index (Phi) is 3.98. The zero-order chi connectivity index (χ0) is 12.1. The van der Waals surface area contributed by atoms with Crippen molar-refractivity contribution in [2.75, 3.05) is 25.0 Å². The molecule has 1 aliphatic rings. The molecule has 1 aromatic rings. The van der Waals surface area contributed by atoms with E-state index in [0.29, 0.717) is 13.1 Å². The Labute approximate surface area is 101 Å². The van der Waals surface area contributed by atoms with Crippen molar-refractivity contribution in [3.8, 4) is 0 Å². The molecule has 1 unspecified atom stereocenters. The highest BCUT2D eigenvalue weighted by Gasteiger charge is 2.27. The third kappa shape index (κ3) is 2.77. The summed E-state index contributed by atoms with van der Waals surface area (Å²) < 4.78 is 0. The van der Waals surface area contributed by atoms with E-state index in [9.17, 15) is 4.79 Å². The molecular weight excluding hydrogens is 216 g/mol. The molecule has 0 saturated carbocycles. The van der Waals surface area contributed by atoms with Crippen LogP contribution in [0.15, 0.2) is 24.3 Å². The van der Waals surface area contributed by atoms with Crippen LogP contribution in [0.5, 0.6) is 0 Å². The lowest BCUT2D eigenvalue weighted by Crippen LogP contribution is -2.31.